The summed E-state index contributed by atoms with van der Waals surface area (Å²) in [5.41, 5.74) is 1.07. The quantitative estimate of drug-likeness (QED) is 0.804. The maximum absolute atomic E-state index is 12.1. The van der Waals surface area contributed by atoms with Gasteiger partial charge in [0.1, 0.15) is 22.1 Å². The van der Waals surface area contributed by atoms with Crippen LogP contribution in [0.3, 0.4) is 0 Å². The molecule has 2 aliphatic heterocycles. The highest BCUT2D eigenvalue weighted by atomic mass is 32.2. The first-order valence-corrected chi connectivity index (χ1v) is 9.02. The van der Waals surface area contributed by atoms with Crippen molar-refractivity contribution in [2.75, 3.05) is 5.75 Å². The molecule has 3 rings (SSSR count). The van der Waals surface area contributed by atoms with Gasteiger partial charge in [0.05, 0.1) is 6.42 Å². The zero-order chi connectivity index (χ0) is 15.9. The number of carboxylic acids is 1. The molecule has 2 atom stereocenters. The molecule has 1 saturated heterocycles. The van der Waals surface area contributed by atoms with Crippen LogP contribution in [0.4, 0.5) is 0 Å². The highest BCUT2D eigenvalue weighted by molar-refractivity contribution is 8.00. The zero-order valence-corrected chi connectivity index (χ0v) is 14.2. The number of carboxylic acid groups (broad SMARTS) is 1. The van der Waals surface area contributed by atoms with Crippen molar-refractivity contribution in [2.45, 2.75) is 24.8 Å². The fraction of sp³-hybridized carbons (Fsp3) is 0.357. The van der Waals surface area contributed by atoms with Gasteiger partial charge in [-0.25, -0.2) is 4.79 Å². The first-order valence-electron chi connectivity index (χ1n) is 6.68. The fourth-order valence-electron chi connectivity index (χ4n) is 2.57. The lowest BCUT2D eigenvalue weighted by atomic mass is 10.0. The third kappa shape index (κ3) is 2.66. The van der Waals surface area contributed by atoms with Crippen LogP contribution in [0.25, 0.3) is 0 Å². The van der Waals surface area contributed by atoms with Crippen LogP contribution in [0, 0.1) is 0 Å². The first-order chi connectivity index (χ1) is 10.5. The van der Waals surface area contributed by atoms with Crippen molar-refractivity contribution in [1.29, 1.82) is 0 Å². The molecule has 8 heteroatoms. The van der Waals surface area contributed by atoms with Crippen molar-refractivity contribution in [3.8, 4) is 0 Å². The molecule has 0 radical (unpaired) electrons. The predicted molar refractivity (Wildman–Crippen MR) is 91.0 cm³/mol. The van der Waals surface area contributed by atoms with Gasteiger partial charge in [0.15, 0.2) is 0 Å². The molecule has 3 heterocycles. The second-order valence-electron chi connectivity index (χ2n) is 5.15. The summed E-state index contributed by atoms with van der Waals surface area (Å²) in [4.78, 5) is 26.6. The van der Waals surface area contributed by atoms with Crippen LogP contribution < -0.4 is 5.32 Å². The monoisotopic (exact) mass is 354 g/mol. The van der Waals surface area contributed by atoms with E-state index in [-0.39, 0.29) is 23.0 Å². The van der Waals surface area contributed by atoms with Crippen LogP contribution in [0.5, 0.6) is 0 Å². The minimum absolute atomic E-state index is 0.0850. The molecule has 0 aliphatic carbocycles. The van der Waals surface area contributed by atoms with E-state index in [1.54, 1.807) is 23.6 Å². The van der Waals surface area contributed by atoms with E-state index in [1.807, 2.05) is 17.5 Å². The van der Waals surface area contributed by atoms with E-state index < -0.39 is 5.97 Å². The number of thiocarbonyl (C=S) groups is 1. The Morgan fingerprint density at radius 2 is 2.32 bits per heavy atom. The summed E-state index contributed by atoms with van der Waals surface area (Å²) >= 11 is 8.47. The van der Waals surface area contributed by atoms with Gasteiger partial charge < -0.3 is 15.3 Å². The van der Waals surface area contributed by atoms with Gasteiger partial charge >= 0.3 is 5.97 Å². The number of nitrogens with zero attached hydrogens (tertiary/aromatic N) is 1. The molecule has 1 aromatic heterocycles. The SMILES string of the molecule is CC1=C(C(=O)O)N2C(=S)C(NC(=O)Cc3cccs3)C2SC1. The van der Waals surface area contributed by atoms with Crippen molar-refractivity contribution >= 4 is 52.2 Å². The van der Waals surface area contributed by atoms with Gasteiger partial charge in [-0.15, -0.1) is 23.1 Å². The van der Waals surface area contributed by atoms with Crippen LogP contribution in [0.1, 0.15) is 11.8 Å². The lowest BCUT2D eigenvalue weighted by Crippen LogP contribution is -2.69. The number of thioether (sulfide) groups is 1. The Bertz CT molecular complexity index is 669. The fourth-order valence-corrected chi connectivity index (χ4v) is 5.14. The summed E-state index contributed by atoms with van der Waals surface area (Å²) in [5, 5.41) is 14.1. The van der Waals surface area contributed by atoms with Crippen LogP contribution in [0.2, 0.25) is 0 Å². The number of rotatable bonds is 4. The smallest absolute Gasteiger partial charge is 0.352 e. The number of nitrogens with one attached hydrogen (secondary N) is 1. The van der Waals surface area contributed by atoms with E-state index in [0.717, 1.165) is 10.5 Å². The van der Waals surface area contributed by atoms with Gasteiger partial charge in [-0.05, 0) is 23.9 Å². The van der Waals surface area contributed by atoms with Crippen LogP contribution in [-0.2, 0) is 16.0 Å². The Morgan fingerprint density at radius 1 is 1.55 bits per heavy atom. The molecule has 1 fully saturated rings. The number of carbonyl (C=O) groups is 2. The van der Waals surface area contributed by atoms with Gasteiger partial charge in [-0.3, -0.25) is 4.79 Å². The third-order valence-electron chi connectivity index (χ3n) is 3.59. The van der Waals surface area contributed by atoms with Gasteiger partial charge in [-0.1, -0.05) is 18.3 Å². The van der Waals surface area contributed by atoms with Gasteiger partial charge in [0, 0.05) is 10.6 Å². The number of hydrogen-bond donors (Lipinski definition) is 2. The number of hydrogen-bond acceptors (Lipinski definition) is 5. The largest absolute Gasteiger partial charge is 0.477 e. The highest BCUT2D eigenvalue weighted by Crippen LogP contribution is 2.40. The molecule has 0 spiro atoms. The average Bonchev–Trinajstić information content (AvgIpc) is 2.97. The van der Waals surface area contributed by atoms with Gasteiger partial charge in [-0.2, -0.15) is 0 Å². The van der Waals surface area contributed by atoms with E-state index in [0.29, 0.717) is 17.2 Å². The number of fused-ring (bicyclic) bond motifs is 1. The Hall–Kier alpha value is -1.38. The van der Waals surface area contributed by atoms with Crippen molar-refractivity contribution in [3.63, 3.8) is 0 Å². The number of carbonyl (C=O) groups excluding carboxylic acids is 1. The standard InChI is InChI=1S/C14H14N2O3S3/c1-7-6-22-13-10(12(20)16(13)11(7)14(18)19)15-9(17)5-8-3-2-4-21-8/h2-4,10,13H,5-6H2,1H3,(H,15,17)(H,18,19). The Labute approximate surface area is 141 Å². The Kier molecular flexibility index (Phi) is 4.24. The van der Waals surface area contributed by atoms with Gasteiger partial charge in [0.25, 0.3) is 0 Å². The molecule has 1 aromatic rings. The van der Waals surface area contributed by atoms with E-state index in [2.05, 4.69) is 5.32 Å². The molecule has 0 saturated carbocycles. The molecule has 0 aromatic carbocycles. The number of amides is 1. The molecular formula is C14H14N2O3S3. The van der Waals surface area contributed by atoms with Crippen molar-refractivity contribution in [2.24, 2.45) is 0 Å². The third-order valence-corrected chi connectivity index (χ3v) is 6.34. The lowest BCUT2D eigenvalue weighted by Gasteiger charge is -2.51. The Morgan fingerprint density at radius 3 is 2.95 bits per heavy atom. The molecule has 2 aliphatic rings. The molecule has 0 bridgehead atoms. The van der Waals surface area contributed by atoms with Crippen molar-refractivity contribution in [3.05, 3.63) is 33.7 Å². The minimum atomic E-state index is -0.964. The molecular weight excluding hydrogens is 340 g/mol. The second-order valence-corrected chi connectivity index (χ2v) is 7.70. The Balaban J connectivity index is 1.68. The van der Waals surface area contributed by atoms with E-state index in [1.165, 1.54) is 11.3 Å². The second kappa shape index (κ2) is 6.02. The van der Waals surface area contributed by atoms with Crippen molar-refractivity contribution < 1.29 is 14.7 Å². The van der Waals surface area contributed by atoms with E-state index >= 15 is 0 Å². The topological polar surface area (TPSA) is 69.6 Å². The molecule has 22 heavy (non-hydrogen) atoms. The first kappa shape index (κ1) is 15.5. The highest BCUT2D eigenvalue weighted by Gasteiger charge is 2.50. The van der Waals surface area contributed by atoms with Crippen LogP contribution in [-0.4, -0.2) is 44.0 Å². The molecule has 5 nitrogen and oxygen atoms in total. The lowest BCUT2D eigenvalue weighted by molar-refractivity contribution is -0.134. The van der Waals surface area contributed by atoms with Crippen molar-refractivity contribution in [1.82, 2.24) is 10.2 Å². The molecule has 2 N–H and O–H groups in total. The summed E-state index contributed by atoms with van der Waals surface area (Å²) in [7, 11) is 0. The summed E-state index contributed by atoms with van der Waals surface area (Å²) in [6.07, 6.45) is 0.328. The van der Waals surface area contributed by atoms with Crippen LogP contribution in [0.15, 0.2) is 28.8 Å². The van der Waals surface area contributed by atoms with E-state index in [4.69, 9.17) is 12.2 Å². The summed E-state index contributed by atoms with van der Waals surface area (Å²) < 4.78 is 0. The molecule has 116 valence electrons. The average molecular weight is 354 g/mol. The van der Waals surface area contributed by atoms with Crippen LogP contribution >= 0.6 is 35.3 Å². The molecule has 2 unspecified atom stereocenters. The normalized spacial score (nSPS) is 23.9. The predicted octanol–water partition coefficient (Wildman–Crippen LogP) is 1.85. The zero-order valence-electron chi connectivity index (χ0n) is 11.7. The number of aliphatic carboxylic acids is 1. The maximum Gasteiger partial charge on any atom is 0.352 e. The summed E-state index contributed by atoms with van der Waals surface area (Å²) in [6, 6.07) is 3.56. The summed E-state index contributed by atoms with van der Waals surface area (Å²) in [5.74, 6) is -0.408. The number of thiophene rings is 1. The van der Waals surface area contributed by atoms with Gasteiger partial charge in [0.2, 0.25) is 5.91 Å². The maximum atomic E-state index is 12.1. The minimum Gasteiger partial charge on any atom is -0.477 e. The molecule has 1 amide bonds. The van der Waals surface area contributed by atoms with E-state index in [9.17, 15) is 14.7 Å². The summed E-state index contributed by atoms with van der Waals surface area (Å²) in [6.45, 7) is 1.80.